The van der Waals surface area contributed by atoms with Gasteiger partial charge in [0.05, 0.1) is 51.0 Å². The number of nitrogens with zero attached hydrogens (tertiary/aromatic N) is 1. The second-order valence-electron chi connectivity index (χ2n) is 10.2. The van der Waals surface area contributed by atoms with Crippen LogP contribution in [0.4, 0.5) is 11.4 Å². The Morgan fingerprint density at radius 1 is 0.604 bits per heavy atom. The first-order valence-electron chi connectivity index (χ1n) is 13.9. The van der Waals surface area contributed by atoms with Crippen molar-refractivity contribution >= 4 is 59.0 Å². The second-order valence-corrected chi connectivity index (χ2v) is 10.2. The van der Waals surface area contributed by atoms with Crippen LogP contribution in [0.25, 0.3) is 0 Å². The van der Waals surface area contributed by atoms with Crippen LogP contribution in [-0.4, -0.2) is 57.8 Å². The summed E-state index contributed by atoms with van der Waals surface area (Å²) in [5, 5.41) is 39.3. The van der Waals surface area contributed by atoms with Gasteiger partial charge in [0.15, 0.2) is 0 Å². The molecule has 0 saturated heterocycles. The summed E-state index contributed by atoms with van der Waals surface area (Å²) in [5.74, 6) is -3.69. The Labute approximate surface area is 342 Å². The SMILES string of the molecule is C#Cc1ccc2c(c1)C(=O)N(c1cc(C(=O)[O-])cc(C(=O)[O-])c1)C2=O.C#Cc1ccc2c(c1)C(=O)OC2=O.Nc1cc(C(=O)O)cc(C(=O)O)c1.[Na+].[Na+]. The van der Waals surface area contributed by atoms with E-state index in [-0.39, 0.29) is 104 Å². The standard InChI is InChI=1S/C18H9NO6.C10H4O3.C8H7NO4.2Na/c1-2-9-3-4-13-14(5-9)16(21)19(15(13)20)12-7-10(17(22)23)6-11(8-12)18(24)25;1-2-6-3-4-7-8(5-6)10(12)13-9(7)11;9-6-2-4(7(10)11)1-5(3-6)8(12)13;;/h1,3-8H,(H,22,23)(H,24,25);1,3-5H;1-3H,9H2,(H,10,11)(H,12,13);;/q;;;2*+1/p-2. The number of carbonyl (C=O) groups excluding carboxylic acids is 6. The molecular formula is C36H18N2Na2O13. The molecule has 2 amide bonds. The fraction of sp³-hybridized carbons (Fsp3) is 0. The number of fused-ring (bicyclic) bond motifs is 2. The first kappa shape index (κ1) is 43.1. The number of benzene rings is 4. The Bertz CT molecular complexity index is 2270. The summed E-state index contributed by atoms with van der Waals surface area (Å²) in [6.07, 6.45) is 10.4. The van der Waals surface area contributed by atoms with Gasteiger partial charge in [0.1, 0.15) is 0 Å². The number of carboxylic acid groups (broad SMARTS) is 4. The monoisotopic (exact) mass is 732 g/mol. The molecule has 53 heavy (non-hydrogen) atoms. The van der Waals surface area contributed by atoms with E-state index < -0.39 is 58.8 Å². The van der Waals surface area contributed by atoms with Crippen molar-refractivity contribution in [3.05, 3.63) is 128 Å². The third-order valence-corrected chi connectivity index (χ3v) is 6.96. The predicted octanol–water partition coefficient (Wildman–Crippen LogP) is -5.15. The van der Waals surface area contributed by atoms with Crippen LogP contribution in [0.2, 0.25) is 0 Å². The summed E-state index contributed by atoms with van der Waals surface area (Å²) in [4.78, 5) is 90.8. The average molecular weight is 733 g/mol. The molecule has 0 aromatic heterocycles. The Morgan fingerprint density at radius 2 is 1.02 bits per heavy atom. The van der Waals surface area contributed by atoms with Crippen molar-refractivity contribution < 1.29 is 123 Å². The zero-order valence-corrected chi connectivity index (χ0v) is 31.5. The predicted molar refractivity (Wildman–Crippen MR) is 170 cm³/mol. The quantitative estimate of drug-likeness (QED) is 0.0433. The zero-order chi connectivity index (χ0) is 37.7. The molecule has 252 valence electrons. The summed E-state index contributed by atoms with van der Waals surface area (Å²) in [6.45, 7) is 0. The number of aromatic carboxylic acids is 4. The minimum atomic E-state index is -1.66. The van der Waals surface area contributed by atoms with Gasteiger partial charge in [0.25, 0.3) is 11.8 Å². The van der Waals surface area contributed by atoms with Gasteiger partial charge >= 0.3 is 83.0 Å². The molecule has 0 aliphatic carbocycles. The van der Waals surface area contributed by atoms with Crippen molar-refractivity contribution in [1.82, 2.24) is 0 Å². The van der Waals surface area contributed by atoms with Gasteiger partial charge in [-0.25, -0.2) is 24.1 Å². The van der Waals surface area contributed by atoms with Crippen molar-refractivity contribution in [2.45, 2.75) is 0 Å². The van der Waals surface area contributed by atoms with Crippen molar-refractivity contribution in [2.75, 3.05) is 10.6 Å². The van der Waals surface area contributed by atoms with E-state index in [9.17, 15) is 48.6 Å². The topological polar surface area (TPSA) is 262 Å². The molecular weight excluding hydrogens is 714 g/mol. The van der Waals surface area contributed by atoms with Gasteiger partial charge in [-0.15, -0.1) is 12.8 Å². The Balaban J connectivity index is 0.000000295. The summed E-state index contributed by atoms with van der Waals surface area (Å²) >= 11 is 0. The number of ether oxygens (including phenoxy) is 1. The molecule has 0 saturated carbocycles. The number of terminal acetylenes is 2. The summed E-state index contributed by atoms with van der Waals surface area (Å²) in [5.41, 5.74) is 5.57. The van der Waals surface area contributed by atoms with Crippen molar-refractivity contribution in [3.8, 4) is 24.7 Å². The molecule has 4 aromatic rings. The van der Waals surface area contributed by atoms with Gasteiger partial charge in [-0.05, 0) is 83.9 Å². The second kappa shape index (κ2) is 17.9. The summed E-state index contributed by atoms with van der Waals surface area (Å²) in [7, 11) is 0. The molecule has 0 spiro atoms. The number of nitrogens with two attached hydrogens (primary N) is 1. The maximum Gasteiger partial charge on any atom is 1.00 e. The number of amides is 2. The van der Waals surface area contributed by atoms with Crippen LogP contribution in [0.15, 0.2) is 72.8 Å². The van der Waals surface area contributed by atoms with Crippen LogP contribution in [0.3, 0.4) is 0 Å². The van der Waals surface area contributed by atoms with E-state index in [2.05, 4.69) is 16.6 Å². The summed E-state index contributed by atoms with van der Waals surface area (Å²) < 4.78 is 4.38. The Morgan fingerprint density at radius 3 is 1.47 bits per heavy atom. The van der Waals surface area contributed by atoms with E-state index in [1.165, 1.54) is 42.5 Å². The number of esters is 2. The molecule has 0 bridgehead atoms. The molecule has 2 aliphatic rings. The van der Waals surface area contributed by atoms with E-state index in [1.54, 1.807) is 6.07 Å². The molecule has 0 atom stereocenters. The molecule has 2 aliphatic heterocycles. The molecule has 6 rings (SSSR count). The number of imide groups is 1. The maximum atomic E-state index is 12.5. The Kier molecular flexibility index (Phi) is 14.6. The van der Waals surface area contributed by atoms with Gasteiger partial charge in [0, 0.05) is 16.8 Å². The minimum absolute atomic E-state index is 0. The van der Waals surface area contributed by atoms with Gasteiger partial charge in [-0.2, -0.15) is 0 Å². The first-order valence-corrected chi connectivity index (χ1v) is 13.9. The summed E-state index contributed by atoms with van der Waals surface area (Å²) in [6, 6.07) is 15.0. The van der Waals surface area contributed by atoms with Crippen LogP contribution in [-0.2, 0) is 4.74 Å². The number of hydrogen-bond donors (Lipinski definition) is 3. The molecule has 0 unspecified atom stereocenters. The van der Waals surface area contributed by atoms with Crippen LogP contribution >= 0.6 is 0 Å². The normalized spacial score (nSPS) is 11.6. The molecule has 17 heteroatoms. The Hall–Kier alpha value is -6.04. The van der Waals surface area contributed by atoms with E-state index in [0.717, 1.165) is 24.3 Å². The molecule has 0 radical (unpaired) electrons. The van der Waals surface area contributed by atoms with Gasteiger partial charge < -0.3 is 40.5 Å². The third kappa shape index (κ3) is 9.65. The number of carbonyl (C=O) groups is 8. The van der Waals surface area contributed by atoms with Crippen LogP contribution in [0.5, 0.6) is 0 Å². The zero-order valence-electron chi connectivity index (χ0n) is 27.5. The van der Waals surface area contributed by atoms with Gasteiger partial charge in [-0.3, -0.25) is 9.59 Å². The van der Waals surface area contributed by atoms with Gasteiger partial charge in [0.2, 0.25) is 0 Å². The fourth-order valence-electron chi connectivity index (χ4n) is 4.61. The van der Waals surface area contributed by atoms with E-state index in [4.69, 9.17) is 28.8 Å². The average Bonchev–Trinajstić information content (AvgIpc) is 3.53. The minimum Gasteiger partial charge on any atom is -0.545 e. The number of nitrogen functional groups attached to an aromatic ring is 1. The van der Waals surface area contributed by atoms with E-state index >= 15 is 0 Å². The van der Waals surface area contributed by atoms with Gasteiger partial charge in [-0.1, -0.05) is 11.8 Å². The largest absolute Gasteiger partial charge is 1.00 e. The molecule has 15 nitrogen and oxygen atoms in total. The van der Waals surface area contributed by atoms with E-state index in [1.807, 2.05) is 0 Å². The molecule has 4 N–H and O–H groups in total. The van der Waals surface area contributed by atoms with Crippen LogP contribution in [0.1, 0.15) is 94.0 Å². The van der Waals surface area contributed by atoms with Crippen LogP contribution in [0, 0.1) is 24.7 Å². The van der Waals surface area contributed by atoms with Crippen LogP contribution < -0.4 is 80.0 Å². The molecule has 2 heterocycles. The fourth-order valence-corrected chi connectivity index (χ4v) is 4.61. The number of rotatable bonds is 5. The maximum absolute atomic E-state index is 12.5. The third-order valence-electron chi connectivity index (χ3n) is 6.96. The number of cyclic esters (lactones) is 2. The molecule has 4 aromatic carbocycles. The van der Waals surface area contributed by atoms with E-state index in [0.29, 0.717) is 16.0 Å². The smallest absolute Gasteiger partial charge is 0.545 e. The van der Waals surface area contributed by atoms with Crippen molar-refractivity contribution in [3.63, 3.8) is 0 Å². The number of hydrogen-bond acceptors (Lipinski definition) is 12. The first-order chi connectivity index (χ1) is 24.1. The number of carboxylic acids is 4. The van der Waals surface area contributed by atoms with Crippen molar-refractivity contribution in [2.24, 2.45) is 0 Å². The number of anilines is 2. The van der Waals surface area contributed by atoms with Crippen molar-refractivity contribution in [1.29, 1.82) is 0 Å². The molecule has 0 fully saturated rings.